The second kappa shape index (κ2) is 9.67. The Bertz CT molecular complexity index is 1470. The molecular weight excluding hydrogens is 464 g/mol. The van der Waals surface area contributed by atoms with Gasteiger partial charge in [0.2, 0.25) is 0 Å². The maximum absolute atomic E-state index is 12.8. The van der Waals surface area contributed by atoms with Crippen LogP contribution in [0.25, 0.3) is 11.1 Å². The van der Waals surface area contributed by atoms with E-state index in [1.807, 2.05) is 30.3 Å². The first-order valence-electron chi connectivity index (χ1n) is 11.4. The summed E-state index contributed by atoms with van der Waals surface area (Å²) < 4.78 is 26.7. The number of carbonyl (C=O) groups excluding carboxylic acids is 3. The molecule has 2 heterocycles. The molecule has 182 valence electrons. The van der Waals surface area contributed by atoms with Crippen molar-refractivity contribution in [1.82, 2.24) is 0 Å². The predicted molar refractivity (Wildman–Crippen MR) is 128 cm³/mol. The third-order valence-corrected chi connectivity index (χ3v) is 5.69. The summed E-state index contributed by atoms with van der Waals surface area (Å²) in [6, 6.07) is 19.2. The van der Waals surface area contributed by atoms with E-state index in [9.17, 15) is 14.4 Å². The van der Waals surface area contributed by atoms with Crippen LogP contribution in [-0.2, 0) is 23.9 Å². The fraction of sp³-hybridized carbons (Fsp3) is 0.179. The van der Waals surface area contributed by atoms with Gasteiger partial charge >= 0.3 is 17.9 Å². The minimum atomic E-state index is -0.652. The lowest BCUT2D eigenvalue weighted by molar-refractivity contribution is -0.175. The lowest BCUT2D eigenvalue weighted by Crippen LogP contribution is -2.22. The van der Waals surface area contributed by atoms with Crippen LogP contribution in [0.2, 0.25) is 0 Å². The van der Waals surface area contributed by atoms with E-state index in [0.29, 0.717) is 51.0 Å². The molecule has 8 heteroatoms. The Morgan fingerprint density at radius 2 is 1.39 bits per heavy atom. The second-order valence-electron chi connectivity index (χ2n) is 8.07. The highest BCUT2D eigenvalue weighted by Crippen LogP contribution is 2.27. The molecule has 36 heavy (non-hydrogen) atoms. The van der Waals surface area contributed by atoms with E-state index in [2.05, 4.69) is 0 Å². The van der Waals surface area contributed by atoms with Gasteiger partial charge in [-0.25, -0.2) is 14.4 Å². The fourth-order valence-electron chi connectivity index (χ4n) is 4.14. The van der Waals surface area contributed by atoms with Crippen LogP contribution in [0.4, 0.5) is 0 Å². The van der Waals surface area contributed by atoms with Gasteiger partial charge in [-0.3, -0.25) is 0 Å². The highest BCUT2D eigenvalue weighted by molar-refractivity contribution is 6.21. The van der Waals surface area contributed by atoms with E-state index in [4.69, 9.17) is 23.7 Å². The van der Waals surface area contributed by atoms with Crippen LogP contribution in [0.5, 0.6) is 17.2 Å². The molecular formula is C28H22O8. The number of ether oxygens (including phenoxy) is 5. The Balaban J connectivity index is 1.42. The zero-order chi connectivity index (χ0) is 25.2. The van der Waals surface area contributed by atoms with E-state index in [-0.39, 0.29) is 6.61 Å². The lowest BCUT2D eigenvalue weighted by atomic mass is 10.0. The molecule has 1 unspecified atom stereocenters. The predicted octanol–water partition coefficient (Wildman–Crippen LogP) is 2.23. The molecule has 2 aliphatic rings. The molecule has 0 N–H and O–H groups in total. The summed E-state index contributed by atoms with van der Waals surface area (Å²) in [6.45, 7) is 3.58. The van der Waals surface area contributed by atoms with Gasteiger partial charge in [0.15, 0.2) is 12.9 Å². The van der Waals surface area contributed by atoms with E-state index in [1.165, 1.54) is 0 Å². The fourth-order valence-corrected chi connectivity index (χ4v) is 4.14. The first-order valence-corrected chi connectivity index (χ1v) is 11.4. The van der Waals surface area contributed by atoms with E-state index < -0.39 is 24.2 Å². The SMILES string of the molecule is CCOC(C)OC(=O)COc1ccc(C2=c3cc4c(cc3OC2=O)=C(c2ccccc2)C(=O)O4)cc1. The molecule has 0 fully saturated rings. The molecule has 0 aromatic heterocycles. The van der Waals surface area contributed by atoms with Gasteiger partial charge in [-0.1, -0.05) is 42.5 Å². The highest BCUT2D eigenvalue weighted by Gasteiger charge is 2.30. The Hall–Kier alpha value is -4.43. The Morgan fingerprint density at radius 3 is 1.94 bits per heavy atom. The van der Waals surface area contributed by atoms with Crippen LogP contribution in [0.3, 0.4) is 0 Å². The smallest absolute Gasteiger partial charge is 0.346 e. The molecule has 0 saturated carbocycles. The lowest BCUT2D eigenvalue weighted by Gasteiger charge is -2.13. The van der Waals surface area contributed by atoms with Gasteiger partial charge in [0.05, 0.1) is 11.1 Å². The number of rotatable bonds is 8. The zero-order valence-electron chi connectivity index (χ0n) is 19.6. The first kappa shape index (κ1) is 23.3. The summed E-state index contributed by atoms with van der Waals surface area (Å²) in [5.41, 5.74) is 2.08. The standard InChI is InChI=1S/C28H22O8/c1-3-32-16(2)34-24(29)15-33-19-11-9-18(10-12-19)26-21-14-22-20(13-23(21)36-28(26)31)25(27(30)35-22)17-7-5-4-6-8-17/h4-14,16H,3,15H2,1-2H3. The minimum Gasteiger partial charge on any atom is -0.482 e. The molecule has 0 bridgehead atoms. The van der Waals surface area contributed by atoms with Crippen molar-refractivity contribution in [1.29, 1.82) is 0 Å². The van der Waals surface area contributed by atoms with Crippen molar-refractivity contribution < 1.29 is 38.1 Å². The maximum atomic E-state index is 12.8. The molecule has 3 aromatic rings. The summed E-state index contributed by atoms with van der Waals surface area (Å²) in [4.78, 5) is 37.2. The summed E-state index contributed by atoms with van der Waals surface area (Å²) >= 11 is 0. The monoisotopic (exact) mass is 486 g/mol. The van der Waals surface area contributed by atoms with Gasteiger partial charge in [0, 0.05) is 17.0 Å². The van der Waals surface area contributed by atoms with Crippen LogP contribution < -0.4 is 24.6 Å². The quantitative estimate of drug-likeness (QED) is 0.272. The number of hydrogen-bond donors (Lipinski definition) is 0. The molecule has 2 aliphatic heterocycles. The van der Waals surface area contributed by atoms with Crippen LogP contribution in [0, 0.1) is 0 Å². The van der Waals surface area contributed by atoms with Crippen molar-refractivity contribution in [3.8, 4) is 17.2 Å². The second-order valence-corrected chi connectivity index (χ2v) is 8.07. The maximum Gasteiger partial charge on any atom is 0.346 e. The third-order valence-electron chi connectivity index (χ3n) is 5.69. The Kier molecular flexibility index (Phi) is 6.26. The normalized spacial score (nSPS) is 14.6. The van der Waals surface area contributed by atoms with E-state index >= 15 is 0 Å². The molecule has 0 aliphatic carbocycles. The van der Waals surface area contributed by atoms with Gasteiger partial charge in [-0.2, -0.15) is 0 Å². The largest absolute Gasteiger partial charge is 0.482 e. The molecule has 5 rings (SSSR count). The van der Waals surface area contributed by atoms with Crippen molar-refractivity contribution in [3.05, 3.63) is 88.3 Å². The van der Waals surface area contributed by atoms with Crippen LogP contribution in [-0.4, -0.2) is 37.4 Å². The summed E-state index contributed by atoms with van der Waals surface area (Å²) in [7, 11) is 0. The average molecular weight is 486 g/mol. The minimum absolute atomic E-state index is 0.282. The molecule has 0 spiro atoms. The summed E-state index contributed by atoms with van der Waals surface area (Å²) in [5, 5.41) is 1.11. The zero-order valence-corrected chi connectivity index (χ0v) is 19.6. The van der Waals surface area contributed by atoms with Gasteiger partial charge in [0.1, 0.15) is 17.2 Å². The third kappa shape index (κ3) is 4.46. The number of benzene rings is 3. The average Bonchev–Trinajstić information content (AvgIpc) is 3.36. The molecule has 0 amide bonds. The molecule has 0 saturated heterocycles. The van der Waals surface area contributed by atoms with Gasteiger partial charge in [-0.05, 0) is 49.2 Å². The number of esters is 3. The van der Waals surface area contributed by atoms with Crippen LogP contribution in [0.1, 0.15) is 25.0 Å². The van der Waals surface area contributed by atoms with Gasteiger partial charge in [0.25, 0.3) is 0 Å². The Labute approximate surface area is 206 Å². The number of carbonyl (C=O) groups is 3. The van der Waals surface area contributed by atoms with Crippen LogP contribution >= 0.6 is 0 Å². The molecule has 3 aromatic carbocycles. The highest BCUT2D eigenvalue weighted by atomic mass is 16.7. The van der Waals surface area contributed by atoms with E-state index in [0.717, 1.165) is 5.56 Å². The van der Waals surface area contributed by atoms with Crippen molar-refractivity contribution >= 4 is 29.1 Å². The first-order chi connectivity index (χ1) is 17.4. The molecule has 8 nitrogen and oxygen atoms in total. The topological polar surface area (TPSA) is 97.4 Å². The molecule has 0 radical (unpaired) electrons. The Morgan fingerprint density at radius 1 is 0.833 bits per heavy atom. The summed E-state index contributed by atoms with van der Waals surface area (Å²) in [5.74, 6) is -0.373. The van der Waals surface area contributed by atoms with Crippen molar-refractivity contribution in [2.45, 2.75) is 20.1 Å². The van der Waals surface area contributed by atoms with Crippen molar-refractivity contribution in [2.24, 2.45) is 0 Å². The van der Waals surface area contributed by atoms with E-state index in [1.54, 1.807) is 50.2 Å². The number of hydrogen-bond acceptors (Lipinski definition) is 8. The van der Waals surface area contributed by atoms with Crippen molar-refractivity contribution in [2.75, 3.05) is 13.2 Å². The van der Waals surface area contributed by atoms with Crippen molar-refractivity contribution in [3.63, 3.8) is 0 Å². The van der Waals surface area contributed by atoms with Crippen LogP contribution in [0.15, 0.2) is 66.7 Å². The van der Waals surface area contributed by atoms with Gasteiger partial charge in [-0.15, -0.1) is 0 Å². The van der Waals surface area contributed by atoms with Gasteiger partial charge < -0.3 is 23.7 Å². The number of fused-ring (bicyclic) bond motifs is 2. The summed E-state index contributed by atoms with van der Waals surface area (Å²) in [6.07, 6.45) is -0.652. The molecule has 1 atom stereocenters.